The summed E-state index contributed by atoms with van der Waals surface area (Å²) in [4.78, 5) is 12.4. The zero-order chi connectivity index (χ0) is 14.7. The Bertz CT molecular complexity index is 601. The number of nitrogens with one attached hydrogen (secondary N) is 1. The van der Waals surface area contributed by atoms with E-state index in [4.69, 9.17) is 4.52 Å². The first-order chi connectivity index (χ1) is 10.2. The van der Waals surface area contributed by atoms with Gasteiger partial charge in [0.2, 0.25) is 0 Å². The molecule has 110 valence electrons. The minimum absolute atomic E-state index is 0.111. The van der Waals surface area contributed by atoms with Gasteiger partial charge in [-0.2, -0.15) is 0 Å². The van der Waals surface area contributed by atoms with Crippen LogP contribution in [0.1, 0.15) is 36.0 Å². The van der Waals surface area contributed by atoms with Crippen molar-refractivity contribution in [3.8, 4) is 11.3 Å². The summed E-state index contributed by atoms with van der Waals surface area (Å²) >= 11 is 0. The van der Waals surface area contributed by atoms with Gasteiger partial charge in [-0.05, 0) is 25.7 Å². The van der Waals surface area contributed by atoms with Crippen molar-refractivity contribution >= 4 is 5.91 Å². The van der Waals surface area contributed by atoms with Crippen molar-refractivity contribution in [3.63, 3.8) is 0 Å². The highest BCUT2D eigenvalue weighted by Crippen LogP contribution is 2.24. The number of benzene rings is 1. The molecule has 5 nitrogen and oxygen atoms in total. The van der Waals surface area contributed by atoms with Crippen LogP contribution in [0.3, 0.4) is 0 Å². The van der Waals surface area contributed by atoms with Crippen molar-refractivity contribution in [2.45, 2.75) is 37.8 Å². The van der Waals surface area contributed by atoms with Gasteiger partial charge in [-0.15, -0.1) is 0 Å². The van der Waals surface area contributed by atoms with Crippen LogP contribution < -0.4 is 5.32 Å². The summed E-state index contributed by atoms with van der Waals surface area (Å²) in [6.07, 6.45) is 4.31. The summed E-state index contributed by atoms with van der Waals surface area (Å²) in [5.74, 6) is 0.320. The van der Waals surface area contributed by atoms with E-state index in [9.17, 15) is 9.90 Å². The van der Waals surface area contributed by atoms with E-state index in [1.807, 2.05) is 30.3 Å². The molecule has 2 N–H and O–H groups in total. The molecule has 1 aliphatic rings. The molecule has 0 spiro atoms. The minimum Gasteiger partial charge on any atom is -0.393 e. The lowest BCUT2D eigenvalue weighted by Gasteiger charge is -2.26. The zero-order valence-corrected chi connectivity index (χ0v) is 11.7. The maximum atomic E-state index is 12.4. The maximum absolute atomic E-state index is 12.4. The summed E-state index contributed by atoms with van der Waals surface area (Å²) in [7, 11) is 0. The molecule has 1 heterocycles. The second kappa shape index (κ2) is 6.10. The Morgan fingerprint density at radius 2 is 1.90 bits per heavy atom. The normalized spacial score (nSPS) is 22.0. The van der Waals surface area contributed by atoms with Crippen LogP contribution in [0, 0.1) is 0 Å². The van der Waals surface area contributed by atoms with Crippen molar-refractivity contribution < 1.29 is 14.4 Å². The predicted molar refractivity (Wildman–Crippen MR) is 77.7 cm³/mol. The second-order valence-corrected chi connectivity index (χ2v) is 5.41. The molecule has 1 aromatic carbocycles. The average molecular weight is 286 g/mol. The number of amides is 1. The highest BCUT2D eigenvalue weighted by atomic mass is 16.5. The first-order valence-corrected chi connectivity index (χ1v) is 7.23. The highest BCUT2D eigenvalue weighted by molar-refractivity contribution is 5.99. The molecule has 0 unspecified atom stereocenters. The van der Waals surface area contributed by atoms with E-state index in [0.29, 0.717) is 11.3 Å². The molecule has 0 bridgehead atoms. The van der Waals surface area contributed by atoms with Crippen molar-refractivity contribution in [1.29, 1.82) is 0 Å². The topological polar surface area (TPSA) is 75.4 Å². The van der Waals surface area contributed by atoms with Crippen LogP contribution >= 0.6 is 0 Å². The molecule has 0 aliphatic heterocycles. The van der Waals surface area contributed by atoms with Crippen molar-refractivity contribution in [2.75, 3.05) is 0 Å². The number of hydrogen-bond donors (Lipinski definition) is 2. The number of aromatic nitrogens is 1. The third-order valence-corrected chi connectivity index (χ3v) is 3.88. The summed E-state index contributed by atoms with van der Waals surface area (Å²) < 4.78 is 5.23. The number of aliphatic hydroxyl groups is 1. The molecule has 1 amide bonds. The number of carbonyl (C=O) groups excluding carboxylic acids is 1. The Morgan fingerprint density at radius 1 is 1.19 bits per heavy atom. The monoisotopic (exact) mass is 286 g/mol. The quantitative estimate of drug-likeness (QED) is 0.908. The van der Waals surface area contributed by atoms with Crippen molar-refractivity contribution in [1.82, 2.24) is 10.5 Å². The Hall–Kier alpha value is -2.14. The van der Waals surface area contributed by atoms with Gasteiger partial charge in [0.1, 0.15) is 5.56 Å². The third kappa shape index (κ3) is 3.13. The summed E-state index contributed by atoms with van der Waals surface area (Å²) in [5, 5.41) is 16.3. The van der Waals surface area contributed by atoms with E-state index in [1.54, 1.807) is 0 Å². The van der Waals surface area contributed by atoms with Gasteiger partial charge < -0.3 is 14.9 Å². The molecule has 0 radical (unpaired) electrons. The smallest absolute Gasteiger partial charge is 0.257 e. The second-order valence-electron chi connectivity index (χ2n) is 5.41. The molecule has 0 atom stereocenters. The number of hydrogen-bond acceptors (Lipinski definition) is 4. The van der Waals surface area contributed by atoms with Crippen LogP contribution in [0.25, 0.3) is 11.3 Å². The fourth-order valence-electron chi connectivity index (χ4n) is 2.68. The van der Waals surface area contributed by atoms with E-state index in [1.165, 1.54) is 6.20 Å². The van der Waals surface area contributed by atoms with Gasteiger partial charge in [0, 0.05) is 11.6 Å². The van der Waals surface area contributed by atoms with E-state index in [2.05, 4.69) is 10.5 Å². The van der Waals surface area contributed by atoms with Crippen LogP contribution in [0.4, 0.5) is 0 Å². The largest absolute Gasteiger partial charge is 0.393 e. The van der Waals surface area contributed by atoms with Crippen LogP contribution in [-0.2, 0) is 0 Å². The highest BCUT2D eigenvalue weighted by Gasteiger charge is 2.24. The van der Waals surface area contributed by atoms with Gasteiger partial charge in [-0.1, -0.05) is 35.5 Å². The van der Waals surface area contributed by atoms with E-state index in [0.717, 1.165) is 31.2 Å². The standard InChI is InChI=1S/C16H18N2O3/c19-13-8-6-12(7-9-13)18-16(20)14-10-17-21-15(14)11-4-2-1-3-5-11/h1-5,10,12-13,19H,6-9H2,(H,18,20). The van der Waals surface area contributed by atoms with Gasteiger partial charge in [-0.25, -0.2) is 0 Å². The third-order valence-electron chi connectivity index (χ3n) is 3.88. The molecule has 3 rings (SSSR count). The lowest BCUT2D eigenvalue weighted by molar-refractivity contribution is 0.0868. The van der Waals surface area contributed by atoms with Crippen LogP contribution in [0.5, 0.6) is 0 Å². The molecule has 0 saturated heterocycles. The van der Waals surface area contributed by atoms with Crippen LogP contribution in [0.15, 0.2) is 41.1 Å². The molecule has 1 fully saturated rings. The summed E-state index contributed by atoms with van der Waals surface area (Å²) in [6.45, 7) is 0. The minimum atomic E-state index is -0.228. The Labute approximate surface area is 123 Å². The Kier molecular flexibility index (Phi) is 4.01. The molecule has 2 aromatic rings. The van der Waals surface area contributed by atoms with Gasteiger partial charge >= 0.3 is 0 Å². The lowest BCUT2D eigenvalue weighted by atomic mass is 9.93. The molecule has 1 aromatic heterocycles. The molecular formula is C16H18N2O3. The van der Waals surface area contributed by atoms with E-state index >= 15 is 0 Å². The van der Waals surface area contributed by atoms with Gasteiger partial charge in [0.25, 0.3) is 5.91 Å². The van der Waals surface area contributed by atoms with Crippen LogP contribution in [-0.4, -0.2) is 28.3 Å². The number of aliphatic hydroxyl groups excluding tert-OH is 1. The first kappa shape index (κ1) is 13.8. The Morgan fingerprint density at radius 3 is 2.62 bits per heavy atom. The predicted octanol–water partition coefficient (Wildman–Crippen LogP) is 2.37. The first-order valence-electron chi connectivity index (χ1n) is 7.23. The number of rotatable bonds is 3. The number of carbonyl (C=O) groups is 1. The van der Waals surface area contributed by atoms with Gasteiger partial charge in [0.05, 0.1) is 12.3 Å². The van der Waals surface area contributed by atoms with Crippen molar-refractivity contribution in [3.05, 3.63) is 42.1 Å². The molecule has 1 saturated carbocycles. The molecular weight excluding hydrogens is 268 g/mol. The molecule has 5 heteroatoms. The SMILES string of the molecule is O=C(NC1CCC(O)CC1)c1cnoc1-c1ccccc1. The lowest BCUT2D eigenvalue weighted by Crippen LogP contribution is -2.38. The number of nitrogens with zero attached hydrogens (tertiary/aromatic N) is 1. The van der Waals surface area contributed by atoms with Crippen molar-refractivity contribution in [2.24, 2.45) is 0 Å². The Balaban J connectivity index is 1.73. The molecule has 21 heavy (non-hydrogen) atoms. The maximum Gasteiger partial charge on any atom is 0.257 e. The average Bonchev–Trinajstić information content (AvgIpc) is 3.00. The van der Waals surface area contributed by atoms with E-state index in [-0.39, 0.29) is 18.1 Å². The van der Waals surface area contributed by atoms with Gasteiger partial charge in [0.15, 0.2) is 5.76 Å². The molecule has 1 aliphatic carbocycles. The van der Waals surface area contributed by atoms with E-state index < -0.39 is 0 Å². The fourth-order valence-corrected chi connectivity index (χ4v) is 2.68. The summed E-state index contributed by atoms with van der Waals surface area (Å²) in [5.41, 5.74) is 1.28. The zero-order valence-electron chi connectivity index (χ0n) is 11.7. The van der Waals surface area contributed by atoms with Crippen LogP contribution in [0.2, 0.25) is 0 Å². The fraction of sp³-hybridized carbons (Fsp3) is 0.375. The van der Waals surface area contributed by atoms with Gasteiger partial charge in [-0.3, -0.25) is 4.79 Å². The summed E-state index contributed by atoms with van der Waals surface area (Å²) in [6, 6.07) is 9.57.